The molecule has 0 saturated carbocycles. The van der Waals surface area contributed by atoms with Gasteiger partial charge in [-0.05, 0) is 73.6 Å². The highest BCUT2D eigenvalue weighted by atomic mass is 19.3. The number of halogens is 2. The quantitative estimate of drug-likeness (QED) is 0.641. The van der Waals surface area contributed by atoms with Gasteiger partial charge in [-0.1, -0.05) is 12.7 Å². The molecule has 3 N–H and O–H groups in total. The summed E-state index contributed by atoms with van der Waals surface area (Å²) in [6.07, 6.45) is 6.69. The summed E-state index contributed by atoms with van der Waals surface area (Å²) < 4.78 is 30.0. The van der Waals surface area contributed by atoms with E-state index in [1.807, 2.05) is 13.0 Å². The van der Waals surface area contributed by atoms with Crippen molar-refractivity contribution in [2.24, 2.45) is 11.8 Å². The third-order valence-electron chi connectivity index (χ3n) is 5.64. The molecule has 3 unspecified atom stereocenters. The summed E-state index contributed by atoms with van der Waals surface area (Å²) in [5.74, 6) is -1.32. The molecule has 0 spiro atoms. The van der Waals surface area contributed by atoms with Gasteiger partial charge < -0.3 is 20.1 Å². The fraction of sp³-hybridized carbons (Fsp3) is 0.409. The molecule has 1 aromatic heterocycles. The van der Waals surface area contributed by atoms with Crippen LogP contribution in [0.4, 0.5) is 8.78 Å². The SMILES string of the molecule is C=C(C)C1(O)C=C(c2cccnc2OC(F)F)C=C(O)[C@@H]1C1C=C(C)C(O)CC1. The number of pyridine rings is 1. The van der Waals surface area contributed by atoms with E-state index >= 15 is 0 Å². The zero-order valence-corrected chi connectivity index (χ0v) is 16.3. The van der Waals surface area contributed by atoms with Crippen molar-refractivity contribution in [2.45, 2.75) is 45.0 Å². The smallest absolute Gasteiger partial charge is 0.388 e. The maximum atomic E-state index is 12.8. The fourth-order valence-electron chi connectivity index (χ4n) is 4.09. The van der Waals surface area contributed by atoms with E-state index in [0.717, 1.165) is 5.57 Å². The molecule has 2 aliphatic rings. The maximum absolute atomic E-state index is 12.8. The molecule has 0 fully saturated rings. The minimum atomic E-state index is -3.06. The van der Waals surface area contributed by atoms with E-state index in [1.165, 1.54) is 24.4 Å². The van der Waals surface area contributed by atoms with Gasteiger partial charge in [0.1, 0.15) is 11.4 Å². The third-order valence-corrected chi connectivity index (χ3v) is 5.64. The molecule has 3 rings (SSSR count). The number of ether oxygens (including phenoxy) is 1. The van der Waals surface area contributed by atoms with Gasteiger partial charge in [0.25, 0.3) is 0 Å². The highest BCUT2D eigenvalue weighted by Crippen LogP contribution is 2.46. The summed E-state index contributed by atoms with van der Waals surface area (Å²) in [7, 11) is 0. The van der Waals surface area contributed by atoms with Crippen molar-refractivity contribution in [1.29, 1.82) is 0 Å². The van der Waals surface area contributed by atoms with Crippen LogP contribution in [0, 0.1) is 11.8 Å². The minimum Gasteiger partial charge on any atom is -0.512 e. The van der Waals surface area contributed by atoms with Crippen molar-refractivity contribution in [2.75, 3.05) is 0 Å². The molecule has 4 atom stereocenters. The van der Waals surface area contributed by atoms with E-state index in [2.05, 4.69) is 16.3 Å². The largest absolute Gasteiger partial charge is 0.512 e. The van der Waals surface area contributed by atoms with Gasteiger partial charge in [-0.3, -0.25) is 0 Å². The van der Waals surface area contributed by atoms with Gasteiger partial charge in [0, 0.05) is 11.8 Å². The number of aromatic nitrogens is 1. The average Bonchev–Trinajstić information content (AvgIpc) is 2.64. The predicted molar refractivity (Wildman–Crippen MR) is 105 cm³/mol. The van der Waals surface area contributed by atoms with Crippen LogP contribution < -0.4 is 4.74 Å². The fourth-order valence-corrected chi connectivity index (χ4v) is 4.09. The predicted octanol–water partition coefficient (Wildman–Crippen LogP) is 4.16. The molecule has 0 bridgehead atoms. The van der Waals surface area contributed by atoms with E-state index in [4.69, 9.17) is 0 Å². The number of hydrogen-bond acceptors (Lipinski definition) is 5. The minimum absolute atomic E-state index is 0.0923. The van der Waals surface area contributed by atoms with Crippen LogP contribution in [0.5, 0.6) is 5.88 Å². The van der Waals surface area contributed by atoms with E-state index < -0.39 is 24.2 Å². The number of hydrogen-bond donors (Lipinski definition) is 3. The second-order valence-electron chi connectivity index (χ2n) is 7.65. The second kappa shape index (κ2) is 8.08. The first-order valence-electron chi connectivity index (χ1n) is 9.41. The molecule has 1 heterocycles. The van der Waals surface area contributed by atoms with Crippen molar-refractivity contribution >= 4 is 5.57 Å². The van der Waals surface area contributed by atoms with Gasteiger partial charge in [-0.25, -0.2) is 4.98 Å². The van der Waals surface area contributed by atoms with Crippen molar-refractivity contribution in [1.82, 2.24) is 4.98 Å². The molecule has 156 valence electrons. The lowest BCUT2D eigenvalue weighted by Crippen LogP contribution is -2.44. The Morgan fingerprint density at radius 3 is 2.72 bits per heavy atom. The Kier molecular flexibility index (Phi) is 5.91. The van der Waals surface area contributed by atoms with Crippen LogP contribution in [0.15, 0.2) is 60.0 Å². The maximum Gasteiger partial charge on any atom is 0.388 e. The van der Waals surface area contributed by atoms with Gasteiger partial charge in [0.2, 0.25) is 5.88 Å². The zero-order chi connectivity index (χ0) is 21.3. The average molecular weight is 405 g/mol. The normalized spacial score (nSPS) is 29.8. The van der Waals surface area contributed by atoms with Crippen molar-refractivity contribution < 1.29 is 28.8 Å². The number of alkyl halides is 2. The molecule has 0 radical (unpaired) electrons. The van der Waals surface area contributed by atoms with Crippen LogP contribution in [-0.2, 0) is 0 Å². The Balaban J connectivity index is 2.07. The number of aliphatic hydroxyl groups is 3. The van der Waals surface area contributed by atoms with Gasteiger partial charge in [0.05, 0.1) is 12.0 Å². The van der Waals surface area contributed by atoms with E-state index in [-0.39, 0.29) is 23.1 Å². The highest BCUT2D eigenvalue weighted by Gasteiger charge is 2.46. The molecule has 0 aromatic carbocycles. The second-order valence-corrected chi connectivity index (χ2v) is 7.65. The summed E-state index contributed by atoms with van der Waals surface area (Å²) in [4.78, 5) is 3.84. The lowest BCUT2D eigenvalue weighted by molar-refractivity contribution is -0.0530. The highest BCUT2D eigenvalue weighted by molar-refractivity contribution is 5.80. The first-order valence-corrected chi connectivity index (χ1v) is 9.41. The Hall–Kier alpha value is -2.51. The summed E-state index contributed by atoms with van der Waals surface area (Å²) in [5.41, 5.74) is 0.105. The Bertz CT molecular complexity index is 893. The molecule has 1 aromatic rings. The van der Waals surface area contributed by atoms with E-state index in [1.54, 1.807) is 13.0 Å². The first-order chi connectivity index (χ1) is 13.6. The molecular weight excluding hydrogens is 380 g/mol. The van der Waals surface area contributed by atoms with Crippen LogP contribution >= 0.6 is 0 Å². The topological polar surface area (TPSA) is 82.8 Å². The van der Waals surface area contributed by atoms with Gasteiger partial charge in [-0.2, -0.15) is 8.78 Å². The standard InChI is InChI=1S/C22H25F2NO4/c1-12(2)22(28)11-15(16-5-4-8-25-20(16)29-21(23)24)10-18(27)19(22)14-6-7-17(26)13(3)9-14/h4-5,8-11,14,17,19,21,26-28H,1,6-7H2,2-3H3/t14?,17?,19-,22?/m0/s1. The molecule has 5 nitrogen and oxygen atoms in total. The number of rotatable bonds is 5. The Labute approximate surface area is 168 Å². The van der Waals surface area contributed by atoms with E-state index in [9.17, 15) is 24.1 Å². The third kappa shape index (κ3) is 4.11. The number of aliphatic hydroxyl groups excluding tert-OH is 2. The molecule has 0 amide bonds. The van der Waals surface area contributed by atoms with Gasteiger partial charge in [-0.15, -0.1) is 0 Å². The summed E-state index contributed by atoms with van der Waals surface area (Å²) in [5, 5.41) is 32.4. The van der Waals surface area contributed by atoms with Gasteiger partial charge in [0.15, 0.2) is 0 Å². The van der Waals surface area contributed by atoms with Crippen LogP contribution in [0.25, 0.3) is 5.57 Å². The van der Waals surface area contributed by atoms with Crippen molar-refractivity contribution in [3.05, 3.63) is 65.6 Å². The monoisotopic (exact) mass is 405 g/mol. The number of nitrogens with zero attached hydrogens (tertiary/aromatic N) is 1. The van der Waals surface area contributed by atoms with Crippen LogP contribution in [0.2, 0.25) is 0 Å². The molecule has 29 heavy (non-hydrogen) atoms. The molecular formula is C22H25F2NO4. The summed E-state index contributed by atoms with van der Waals surface area (Å²) in [6, 6.07) is 3.08. The molecule has 7 heteroatoms. The summed E-state index contributed by atoms with van der Waals surface area (Å²) >= 11 is 0. The molecule has 2 aliphatic carbocycles. The lowest BCUT2D eigenvalue weighted by Gasteiger charge is -2.42. The van der Waals surface area contributed by atoms with Gasteiger partial charge >= 0.3 is 6.61 Å². The molecule has 0 aliphatic heterocycles. The Morgan fingerprint density at radius 1 is 1.38 bits per heavy atom. The Morgan fingerprint density at radius 2 is 2.10 bits per heavy atom. The van der Waals surface area contributed by atoms with Crippen LogP contribution in [0.3, 0.4) is 0 Å². The number of allylic oxidation sites excluding steroid dienone is 3. The lowest BCUT2D eigenvalue weighted by atomic mass is 9.66. The van der Waals surface area contributed by atoms with Crippen molar-refractivity contribution in [3.63, 3.8) is 0 Å². The van der Waals surface area contributed by atoms with Crippen molar-refractivity contribution in [3.8, 4) is 5.88 Å². The van der Waals surface area contributed by atoms with Crippen LogP contribution in [-0.4, -0.2) is 38.6 Å². The van der Waals surface area contributed by atoms with E-state index in [0.29, 0.717) is 24.0 Å². The first kappa shape index (κ1) is 21.2. The molecule has 0 saturated heterocycles. The van der Waals surface area contributed by atoms with Crippen LogP contribution in [0.1, 0.15) is 32.3 Å². The summed E-state index contributed by atoms with van der Waals surface area (Å²) in [6.45, 7) is 4.29. The zero-order valence-electron chi connectivity index (χ0n) is 16.3.